The van der Waals surface area contributed by atoms with Gasteiger partial charge >= 0.3 is 5.97 Å². The number of likely N-dealkylation sites (tertiary alicyclic amines) is 1. The second-order valence-corrected chi connectivity index (χ2v) is 8.89. The first-order valence-electron chi connectivity index (χ1n) is 10.8. The molecule has 2 aromatic rings. The number of benzene rings is 1. The van der Waals surface area contributed by atoms with Gasteiger partial charge in [-0.1, -0.05) is 6.07 Å². The van der Waals surface area contributed by atoms with Crippen LogP contribution in [-0.4, -0.2) is 53.0 Å². The molecule has 4 heterocycles. The highest BCUT2D eigenvalue weighted by atomic mass is 16.5. The minimum Gasteiger partial charge on any atom is -0.457 e. The first kappa shape index (κ1) is 20.6. The fourth-order valence-electron chi connectivity index (χ4n) is 5.04. The number of β-amino-alcohol motifs (C(OH)–C–C–N with tert-alkyl or cyclic N) is 1. The molecule has 1 aromatic heterocycles. The number of anilines is 1. The van der Waals surface area contributed by atoms with E-state index in [0.717, 1.165) is 42.6 Å². The molecule has 1 atom stereocenters. The monoisotopic (exact) mass is 432 g/mol. The van der Waals surface area contributed by atoms with E-state index in [-0.39, 0.29) is 23.9 Å². The lowest BCUT2D eigenvalue weighted by molar-refractivity contribution is -0.139. The van der Waals surface area contributed by atoms with E-state index < -0.39 is 6.10 Å². The molecule has 1 spiro atoms. The topological polar surface area (TPSA) is 107 Å². The standard InChI is InChI=1S/C24H24N4O4/c1-15-17(3-4-18-19(15)13-32-22(18)30)20(29)12-27-8-6-24(7-9-27)14-28(23(24)31)21-5-2-16(10-25)11-26-21/h2-5,11,20,29H,6-9,12-14H2,1H3. The van der Waals surface area contributed by atoms with Gasteiger partial charge in [-0.15, -0.1) is 0 Å². The lowest BCUT2D eigenvalue weighted by Gasteiger charge is -2.52. The van der Waals surface area contributed by atoms with Gasteiger partial charge < -0.3 is 14.7 Å². The van der Waals surface area contributed by atoms with Crippen molar-refractivity contribution >= 4 is 17.7 Å². The molecule has 1 unspecified atom stereocenters. The molecule has 5 rings (SSSR count). The average Bonchev–Trinajstić information content (AvgIpc) is 3.20. The zero-order chi connectivity index (χ0) is 22.5. The number of carbonyl (C=O) groups is 2. The normalized spacial score (nSPS) is 20.5. The smallest absolute Gasteiger partial charge is 0.338 e. The number of ether oxygens (including phenoxy) is 1. The van der Waals surface area contributed by atoms with Crippen molar-refractivity contribution in [2.75, 3.05) is 31.1 Å². The molecule has 8 nitrogen and oxygen atoms in total. The van der Waals surface area contributed by atoms with Crippen LogP contribution in [0.25, 0.3) is 0 Å². The number of hydrogen-bond donors (Lipinski definition) is 1. The Bertz CT molecular complexity index is 1130. The molecule has 0 saturated carbocycles. The molecule has 0 bridgehead atoms. The van der Waals surface area contributed by atoms with Crippen LogP contribution in [0.4, 0.5) is 5.82 Å². The number of hydrogen-bond acceptors (Lipinski definition) is 7. The van der Waals surface area contributed by atoms with Gasteiger partial charge in [-0.3, -0.25) is 9.69 Å². The zero-order valence-corrected chi connectivity index (χ0v) is 17.9. The quantitative estimate of drug-likeness (QED) is 0.582. The highest BCUT2D eigenvalue weighted by molar-refractivity contribution is 6.03. The van der Waals surface area contributed by atoms with Gasteiger partial charge in [0.15, 0.2) is 0 Å². The lowest BCUT2D eigenvalue weighted by atomic mass is 9.71. The molecule has 3 aliphatic heterocycles. The number of aromatic nitrogens is 1. The van der Waals surface area contributed by atoms with Gasteiger partial charge in [-0.05, 0) is 62.2 Å². The fraction of sp³-hybridized carbons (Fsp3) is 0.417. The van der Waals surface area contributed by atoms with Gasteiger partial charge in [-0.25, -0.2) is 9.78 Å². The highest BCUT2D eigenvalue weighted by Crippen LogP contribution is 2.43. The molecular formula is C24H24N4O4. The Hall–Kier alpha value is -3.28. The van der Waals surface area contributed by atoms with Crippen molar-refractivity contribution in [2.45, 2.75) is 32.5 Å². The fourth-order valence-corrected chi connectivity index (χ4v) is 5.04. The molecule has 2 fully saturated rings. The Labute approximate surface area is 186 Å². The number of aliphatic hydroxyl groups is 1. The Kier molecular flexibility index (Phi) is 4.96. The van der Waals surface area contributed by atoms with Gasteiger partial charge in [0.25, 0.3) is 0 Å². The SMILES string of the molecule is Cc1c(C(O)CN2CCC3(CC2)CN(c2ccc(C#N)cn2)C3=O)ccc2c1COC2=O. The maximum Gasteiger partial charge on any atom is 0.338 e. The van der Waals surface area contributed by atoms with Gasteiger partial charge in [0.1, 0.15) is 18.5 Å². The van der Waals surface area contributed by atoms with Crippen LogP contribution in [0.5, 0.6) is 0 Å². The van der Waals surface area contributed by atoms with Crippen molar-refractivity contribution in [3.8, 4) is 6.07 Å². The van der Waals surface area contributed by atoms with Crippen molar-refractivity contribution in [2.24, 2.45) is 5.41 Å². The second-order valence-electron chi connectivity index (χ2n) is 8.89. The van der Waals surface area contributed by atoms with E-state index in [2.05, 4.69) is 9.88 Å². The van der Waals surface area contributed by atoms with E-state index in [4.69, 9.17) is 10.00 Å². The van der Waals surface area contributed by atoms with E-state index in [1.165, 1.54) is 6.20 Å². The molecule has 1 aromatic carbocycles. The Morgan fingerprint density at radius 1 is 1.25 bits per heavy atom. The van der Waals surface area contributed by atoms with Crippen LogP contribution in [0.1, 0.15) is 51.6 Å². The molecule has 1 N–H and O–H groups in total. The molecule has 8 heteroatoms. The molecule has 2 saturated heterocycles. The Balaban J connectivity index is 1.19. The number of aliphatic hydroxyl groups excluding tert-OH is 1. The van der Waals surface area contributed by atoms with E-state index in [9.17, 15) is 14.7 Å². The molecule has 3 aliphatic rings. The number of rotatable bonds is 4. The van der Waals surface area contributed by atoms with Crippen LogP contribution >= 0.6 is 0 Å². The van der Waals surface area contributed by atoms with Crippen molar-refractivity contribution in [1.82, 2.24) is 9.88 Å². The molecular weight excluding hydrogens is 408 g/mol. The molecule has 1 amide bonds. The first-order valence-corrected chi connectivity index (χ1v) is 10.8. The summed E-state index contributed by atoms with van der Waals surface area (Å²) in [5.74, 6) is 0.377. The van der Waals surface area contributed by atoms with Crippen LogP contribution in [0.15, 0.2) is 30.5 Å². The number of pyridine rings is 1. The van der Waals surface area contributed by atoms with E-state index in [1.54, 1.807) is 23.1 Å². The summed E-state index contributed by atoms with van der Waals surface area (Å²) >= 11 is 0. The van der Waals surface area contributed by atoms with E-state index >= 15 is 0 Å². The summed E-state index contributed by atoms with van der Waals surface area (Å²) in [6, 6.07) is 8.97. The number of nitriles is 1. The maximum absolute atomic E-state index is 12.9. The predicted molar refractivity (Wildman–Crippen MR) is 115 cm³/mol. The number of cyclic esters (lactones) is 1. The molecule has 0 radical (unpaired) electrons. The van der Waals surface area contributed by atoms with Crippen LogP contribution in [0.3, 0.4) is 0 Å². The predicted octanol–water partition coefficient (Wildman–Crippen LogP) is 2.09. The number of β-lactam (4-membered cyclic amide) rings is 1. The maximum atomic E-state index is 12.9. The summed E-state index contributed by atoms with van der Waals surface area (Å²) in [5.41, 5.74) is 3.30. The summed E-state index contributed by atoms with van der Waals surface area (Å²) in [5, 5.41) is 19.8. The molecule has 164 valence electrons. The second kappa shape index (κ2) is 7.69. The Morgan fingerprint density at radius 2 is 2.03 bits per heavy atom. The number of fused-ring (bicyclic) bond motifs is 1. The summed E-state index contributed by atoms with van der Waals surface area (Å²) in [6.45, 7) is 4.79. The third-order valence-corrected chi connectivity index (χ3v) is 7.12. The van der Waals surface area contributed by atoms with Gasteiger partial charge in [0.05, 0.1) is 22.6 Å². The number of amides is 1. The Morgan fingerprint density at radius 3 is 2.69 bits per heavy atom. The number of nitrogens with zero attached hydrogens (tertiary/aromatic N) is 4. The third-order valence-electron chi connectivity index (χ3n) is 7.12. The minimum atomic E-state index is -0.665. The van der Waals surface area contributed by atoms with Crippen LogP contribution < -0.4 is 4.90 Å². The van der Waals surface area contributed by atoms with Gasteiger partial charge in [0, 0.05) is 24.8 Å². The third kappa shape index (κ3) is 3.25. The lowest BCUT2D eigenvalue weighted by Crippen LogP contribution is -2.65. The van der Waals surface area contributed by atoms with Crippen LogP contribution in [0, 0.1) is 23.7 Å². The van der Waals surface area contributed by atoms with Crippen LogP contribution in [-0.2, 0) is 16.1 Å². The number of piperidine rings is 1. The molecule has 0 aliphatic carbocycles. The van der Waals surface area contributed by atoms with Crippen LogP contribution in [0.2, 0.25) is 0 Å². The number of carbonyl (C=O) groups excluding carboxylic acids is 2. The average molecular weight is 432 g/mol. The summed E-state index contributed by atoms with van der Waals surface area (Å²) in [4.78, 5) is 32.8. The highest BCUT2D eigenvalue weighted by Gasteiger charge is 2.53. The van der Waals surface area contributed by atoms with Crippen molar-refractivity contribution < 1.29 is 19.4 Å². The van der Waals surface area contributed by atoms with Gasteiger partial charge in [-0.2, -0.15) is 5.26 Å². The summed E-state index contributed by atoms with van der Waals surface area (Å²) in [6.07, 6.45) is 2.32. The van der Waals surface area contributed by atoms with Crippen molar-refractivity contribution in [3.05, 3.63) is 58.3 Å². The number of esters is 1. The first-order chi connectivity index (χ1) is 15.4. The van der Waals surface area contributed by atoms with Gasteiger partial charge in [0.2, 0.25) is 5.91 Å². The van der Waals surface area contributed by atoms with Crippen molar-refractivity contribution in [3.63, 3.8) is 0 Å². The largest absolute Gasteiger partial charge is 0.457 e. The zero-order valence-electron chi connectivity index (χ0n) is 17.9. The molecule has 32 heavy (non-hydrogen) atoms. The summed E-state index contributed by atoms with van der Waals surface area (Å²) in [7, 11) is 0. The van der Waals surface area contributed by atoms with E-state index in [1.807, 2.05) is 19.1 Å². The minimum absolute atomic E-state index is 0.0917. The summed E-state index contributed by atoms with van der Waals surface area (Å²) < 4.78 is 5.11. The van der Waals surface area contributed by atoms with Crippen molar-refractivity contribution in [1.29, 1.82) is 5.26 Å². The van der Waals surface area contributed by atoms with E-state index in [0.29, 0.717) is 30.0 Å².